The van der Waals surface area contributed by atoms with Gasteiger partial charge in [-0.3, -0.25) is 4.99 Å². The summed E-state index contributed by atoms with van der Waals surface area (Å²) in [5.74, 6) is 0.568. The van der Waals surface area contributed by atoms with Crippen LogP contribution in [0.2, 0.25) is 0 Å². The van der Waals surface area contributed by atoms with Gasteiger partial charge >= 0.3 is 0 Å². The van der Waals surface area contributed by atoms with Crippen molar-refractivity contribution in [2.45, 2.75) is 59.1 Å². The lowest BCUT2D eigenvalue weighted by molar-refractivity contribution is -0.133. The first kappa shape index (κ1) is 14.3. The van der Waals surface area contributed by atoms with Gasteiger partial charge < -0.3 is 15.8 Å². The molecule has 0 saturated heterocycles. The first-order valence-electron chi connectivity index (χ1n) is 6.82. The molecule has 0 aliphatic heterocycles. The standard InChI is InChI=1S/C13H27N3O/c1-5-13(6-2)10(9-11(13)17-8-4)16-12(14)15-7-3/h10-11H,5-9H2,1-4H3,(H3,14,15,16). The van der Waals surface area contributed by atoms with Crippen LogP contribution in [0.15, 0.2) is 4.99 Å². The predicted octanol–water partition coefficient (Wildman–Crippen LogP) is 1.89. The fourth-order valence-corrected chi connectivity index (χ4v) is 2.98. The van der Waals surface area contributed by atoms with Crippen LogP contribution in [-0.2, 0) is 4.74 Å². The molecule has 17 heavy (non-hydrogen) atoms. The van der Waals surface area contributed by atoms with E-state index < -0.39 is 0 Å². The van der Waals surface area contributed by atoms with Crippen LogP contribution in [0.3, 0.4) is 0 Å². The van der Waals surface area contributed by atoms with Crippen molar-refractivity contribution < 1.29 is 4.74 Å². The van der Waals surface area contributed by atoms with E-state index in [2.05, 4.69) is 31.1 Å². The maximum absolute atomic E-state index is 5.84. The van der Waals surface area contributed by atoms with E-state index in [1.165, 1.54) is 0 Å². The summed E-state index contributed by atoms with van der Waals surface area (Å²) >= 11 is 0. The van der Waals surface area contributed by atoms with E-state index in [1.54, 1.807) is 0 Å². The van der Waals surface area contributed by atoms with Gasteiger partial charge in [0.1, 0.15) is 0 Å². The van der Waals surface area contributed by atoms with Crippen LogP contribution in [0.1, 0.15) is 47.0 Å². The Morgan fingerprint density at radius 2 is 2.00 bits per heavy atom. The number of nitrogens with two attached hydrogens (primary N) is 1. The minimum absolute atomic E-state index is 0.226. The van der Waals surface area contributed by atoms with Crippen molar-refractivity contribution in [1.82, 2.24) is 5.32 Å². The maximum atomic E-state index is 5.84. The summed E-state index contributed by atoms with van der Waals surface area (Å²) in [6.45, 7) is 10.0. The SMILES string of the molecule is CCN=C(N)NC1CC(OCC)C1(CC)CC. The second-order valence-electron chi connectivity index (χ2n) is 4.68. The van der Waals surface area contributed by atoms with E-state index in [1.807, 2.05) is 6.92 Å². The van der Waals surface area contributed by atoms with Gasteiger partial charge in [-0.05, 0) is 33.1 Å². The highest BCUT2D eigenvalue weighted by Gasteiger charge is 2.53. The highest BCUT2D eigenvalue weighted by atomic mass is 16.5. The molecular formula is C13H27N3O. The summed E-state index contributed by atoms with van der Waals surface area (Å²) in [6.07, 6.45) is 3.64. The Balaban J connectivity index is 2.66. The number of nitrogens with one attached hydrogen (secondary N) is 1. The van der Waals surface area contributed by atoms with E-state index in [0.717, 1.165) is 32.4 Å². The van der Waals surface area contributed by atoms with Crippen LogP contribution >= 0.6 is 0 Å². The number of nitrogens with zero attached hydrogens (tertiary/aromatic N) is 1. The number of aliphatic imine (C=N–C) groups is 1. The summed E-state index contributed by atoms with van der Waals surface area (Å²) in [5.41, 5.74) is 6.07. The minimum atomic E-state index is 0.226. The predicted molar refractivity (Wildman–Crippen MR) is 72.1 cm³/mol. The number of rotatable bonds is 6. The molecule has 1 aliphatic rings. The van der Waals surface area contributed by atoms with Crippen molar-refractivity contribution in [3.63, 3.8) is 0 Å². The van der Waals surface area contributed by atoms with Gasteiger partial charge in [-0.2, -0.15) is 0 Å². The van der Waals surface area contributed by atoms with Gasteiger partial charge in [-0.1, -0.05) is 13.8 Å². The molecule has 2 unspecified atom stereocenters. The van der Waals surface area contributed by atoms with E-state index >= 15 is 0 Å². The van der Waals surface area contributed by atoms with Crippen LogP contribution in [-0.4, -0.2) is 31.3 Å². The second kappa shape index (κ2) is 6.24. The maximum Gasteiger partial charge on any atom is 0.188 e. The van der Waals surface area contributed by atoms with Gasteiger partial charge in [-0.15, -0.1) is 0 Å². The smallest absolute Gasteiger partial charge is 0.188 e. The molecule has 0 aromatic heterocycles. The van der Waals surface area contributed by atoms with Crippen molar-refractivity contribution in [2.75, 3.05) is 13.2 Å². The van der Waals surface area contributed by atoms with Crippen molar-refractivity contribution in [2.24, 2.45) is 16.1 Å². The number of hydrogen-bond acceptors (Lipinski definition) is 2. The highest BCUT2D eigenvalue weighted by Crippen LogP contribution is 2.48. The van der Waals surface area contributed by atoms with Gasteiger partial charge in [0.05, 0.1) is 6.10 Å². The van der Waals surface area contributed by atoms with Gasteiger partial charge in [-0.25, -0.2) is 0 Å². The largest absolute Gasteiger partial charge is 0.378 e. The molecular weight excluding hydrogens is 214 g/mol. The highest BCUT2D eigenvalue weighted by molar-refractivity contribution is 5.78. The molecule has 0 aromatic rings. The molecule has 0 spiro atoms. The van der Waals surface area contributed by atoms with Crippen molar-refractivity contribution in [3.05, 3.63) is 0 Å². The quantitative estimate of drug-likeness (QED) is 0.551. The van der Waals surface area contributed by atoms with Crippen LogP contribution in [0, 0.1) is 5.41 Å². The topological polar surface area (TPSA) is 59.6 Å². The van der Waals surface area contributed by atoms with Gasteiger partial charge in [0, 0.05) is 24.6 Å². The Kier molecular flexibility index (Phi) is 5.25. The van der Waals surface area contributed by atoms with Crippen LogP contribution < -0.4 is 11.1 Å². The molecule has 1 rings (SSSR count). The normalized spacial score (nSPS) is 27.6. The lowest BCUT2D eigenvalue weighted by Crippen LogP contribution is -2.65. The van der Waals surface area contributed by atoms with Crippen molar-refractivity contribution in [1.29, 1.82) is 0 Å². The molecule has 0 amide bonds. The molecule has 4 heteroatoms. The van der Waals surface area contributed by atoms with Gasteiger partial charge in [0.25, 0.3) is 0 Å². The second-order valence-corrected chi connectivity index (χ2v) is 4.68. The summed E-state index contributed by atoms with van der Waals surface area (Å²) in [7, 11) is 0. The Bertz CT molecular complexity index is 261. The monoisotopic (exact) mass is 241 g/mol. The van der Waals surface area contributed by atoms with E-state index in [4.69, 9.17) is 10.5 Å². The summed E-state index contributed by atoms with van der Waals surface area (Å²) in [5, 5.41) is 3.35. The fourth-order valence-electron chi connectivity index (χ4n) is 2.98. The third kappa shape index (κ3) is 2.73. The van der Waals surface area contributed by atoms with Crippen LogP contribution in [0.4, 0.5) is 0 Å². The van der Waals surface area contributed by atoms with Crippen LogP contribution in [0.25, 0.3) is 0 Å². The van der Waals surface area contributed by atoms with Crippen molar-refractivity contribution in [3.8, 4) is 0 Å². The van der Waals surface area contributed by atoms with E-state index in [-0.39, 0.29) is 5.41 Å². The number of hydrogen-bond donors (Lipinski definition) is 2. The third-order valence-corrected chi connectivity index (χ3v) is 4.12. The number of ether oxygens (including phenoxy) is 1. The average Bonchev–Trinajstić information content (AvgIpc) is 2.30. The minimum Gasteiger partial charge on any atom is -0.378 e. The Morgan fingerprint density at radius 1 is 1.35 bits per heavy atom. The van der Waals surface area contributed by atoms with Gasteiger partial charge in [0.15, 0.2) is 5.96 Å². The molecule has 0 radical (unpaired) electrons. The lowest BCUT2D eigenvalue weighted by atomic mass is 9.58. The van der Waals surface area contributed by atoms with Gasteiger partial charge in [0.2, 0.25) is 0 Å². The summed E-state index contributed by atoms with van der Waals surface area (Å²) in [6, 6.07) is 0.407. The zero-order chi connectivity index (χ0) is 12.9. The van der Waals surface area contributed by atoms with Crippen LogP contribution in [0.5, 0.6) is 0 Å². The molecule has 1 fully saturated rings. The molecule has 4 nitrogen and oxygen atoms in total. The average molecular weight is 241 g/mol. The molecule has 1 aliphatic carbocycles. The summed E-state index contributed by atoms with van der Waals surface area (Å²) in [4.78, 5) is 4.19. The zero-order valence-corrected chi connectivity index (χ0v) is 11.6. The molecule has 100 valence electrons. The number of guanidine groups is 1. The lowest BCUT2D eigenvalue weighted by Gasteiger charge is -2.55. The molecule has 0 heterocycles. The molecule has 0 aromatic carbocycles. The summed E-state index contributed by atoms with van der Waals surface area (Å²) < 4.78 is 5.83. The zero-order valence-electron chi connectivity index (χ0n) is 11.6. The van der Waals surface area contributed by atoms with E-state index in [9.17, 15) is 0 Å². The molecule has 3 N–H and O–H groups in total. The first-order valence-corrected chi connectivity index (χ1v) is 6.82. The van der Waals surface area contributed by atoms with Crippen molar-refractivity contribution >= 4 is 5.96 Å². The third-order valence-electron chi connectivity index (χ3n) is 4.12. The Hall–Kier alpha value is -0.770. The first-order chi connectivity index (χ1) is 8.14. The Morgan fingerprint density at radius 3 is 2.47 bits per heavy atom. The molecule has 1 saturated carbocycles. The fraction of sp³-hybridized carbons (Fsp3) is 0.923. The van der Waals surface area contributed by atoms with E-state index in [0.29, 0.717) is 18.1 Å². The molecule has 2 atom stereocenters. The molecule has 0 bridgehead atoms. The Labute approximate surface area is 105 Å².